The molecule has 1 saturated heterocycles. The number of rotatable bonds is 4. The number of ketones is 1. The Morgan fingerprint density at radius 2 is 1.72 bits per heavy atom. The molecule has 0 saturated carbocycles. The molecule has 9 heteroatoms. The summed E-state index contributed by atoms with van der Waals surface area (Å²) in [6.45, 7) is 0.601. The standard InChI is InChI=1S/C27H20F3NO5/c28-27(29,30)36-20-11-9-19(10-12-20)31-23(16-5-2-1-3-6-16)22(25(33)26(31)34)24(32)18-8-13-21-17(15-18)7-4-14-35-21/h1-3,5-6,8-13,15,23,32H,4,7,14H2/b24-22-. The maximum absolute atomic E-state index is 13.2. The zero-order chi connectivity index (χ0) is 25.4. The molecular formula is C27H20F3NO5. The van der Waals surface area contributed by atoms with Gasteiger partial charge in [0.05, 0.1) is 18.2 Å². The lowest BCUT2D eigenvalue weighted by Crippen LogP contribution is -2.29. The molecule has 1 N–H and O–H groups in total. The highest BCUT2D eigenvalue weighted by atomic mass is 19.4. The molecule has 0 bridgehead atoms. The molecule has 2 heterocycles. The van der Waals surface area contributed by atoms with E-state index in [1.165, 1.54) is 17.0 Å². The van der Waals surface area contributed by atoms with E-state index in [-0.39, 0.29) is 17.0 Å². The highest BCUT2D eigenvalue weighted by Gasteiger charge is 2.47. The summed E-state index contributed by atoms with van der Waals surface area (Å²) in [7, 11) is 0. The number of hydrogen-bond donors (Lipinski definition) is 1. The van der Waals surface area contributed by atoms with Crippen LogP contribution >= 0.6 is 0 Å². The first-order valence-corrected chi connectivity index (χ1v) is 11.2. The Morgan fingerprint density at radius 1 is 1.00 bits per heavy atom. The predicted molar refractivity (Wildman–Crippen MR) is 125 cm³/mol. The number of anilines is 1. The normalized spacial score (nSPS) is 19.1. The second kappa shape index (κ2) is 9.07. The summed E-state index contributed by atoms with van der Waals surface area (Å²) in [6.07, 6.45) is -3.30. The number of aryl methyl sites for hydroxylation is 1. The predicted octanol–water partition coefficient (Wildman–Crippen LogP) is 5.54. The maximum Gasteiger partial charge on any atom is 0.573 e. The van der Waals surface area contributed by atoms with Crippen molar-refractivity contribution in [2.75, 3.05) is 11.5 Å². The highest BCUT2D eigenvalue weighted by molar-refractivity contribution is 6.51. The molecule has 1 fully saturated rings. The van der Waals surface area contributed by atoms with Crippen LogP contribution in [-0.2, 0) is 16.0 Å². The van der Waals surface area contributed by atoms with E-state index in [2.05, 4.69) is 4.74 Å². The van der Waals surface area contributed by atoms with Crippen LogP contribution in [0.5, 0.6) is 11.5 Å². The summed E-state index contributed by atoms with van der Waals surface area (Å²) in [5, 5.41) is 11.3. The lowest BCUT2D eigenvalue weighted by molar-refractivity contribution is -0.274. The molecule has 0 aliphatic carbocycles. The average Bonchev–Trinajstić information content (AvgIpc) is 3.13. The molecule has 184 valence electrons. The number of aliphatic hydroxyl groups is 1. The van der Waals surface area contributed by atoms with Gasteiger partial charge in [0.1, 0.15) is 17.3 Å². The Morgan fingerprint density at radius 3 is 2.42 bits per heavy atom. The summed E-state index contributed by atoms with van der Waals surface area (Å²) in [4.78, 5) is 27.6. The molecule has 1 atom stereocenters. The molecular weight excluding hydrogens is 475 g/mol. The number of carbonyl (C=O) groups is 2. The molecule has 0 radical (unpaired) electrons. The van der Waals surface area contributed by atoms with Gasteiger partial charge < -0.3 is 14.6 Å². The summed E-state index contributed by atoms with van der Waals surface area (Å²) in [5.41, 5.74) is 1.87. The number of alkyl halides is 3. The van der Waals surface area contributed by atoms with Crippen molar-refractivity contribution in [2.45, 2.75) is 25.2 Å². The lowest BCUT2D eigenvalue weighted by Gasteiger charge is -2.25. The third-order valence-electron chi connectivity index (χ3n) is 6.09. The SMILES string of the molecule is O=C1C(=O)N(c2ccc(OC(F)(F)F)cc2)C(c2ccccc2)/C1=C(/O)c1ccc2c(c1)CCCO2. The van der Waals surface area contributed by atoms with Gasteiger partial charge in [0.15, 0.2) is 0 Å². The van der Waals surface area contributed by atoms with Crippen LogP contribution in [0, 0.1) is 0 Å². The third kappa shape index (κ3) is 4.39. The quantitative estimate of drug-likeness (QED) is 0.292. The van der Waals surface area contributed by atoms with Gasteiger partial charge in [-0.15, -0.1) is 13.2 Å². The fourth-order valence-electron chi connectivity index (χ4n) is 4.52. The Bertz CT molecular complexity index is 1350. The van der Waals surface area contributed by atoms with Crippen LogP contribution in [0.4, 0.5) is 18.9 Å². The van der Waals surface area contributed by atoms with Gasteiger partial charge in [-0.2, -0.15) is 0 Å². The molecule has 2 aliphatic heterocycles. The van der Waals surface area contributed by atoms with E-state index in [4.69, 9.17) is 4.74 Å². The summed E-state index contributed by atoms with van der Waals surface area (Å²) < 4.78 is 47.3. The number of aliphatic hydroxyl groups excluding tert-OH is 1. The third-order valence-corrected chi connectivity index (χ3v) is 6.09. The average molecular weight is 495 g/mol. The molecule has 1 unspecified atom stereocenters. The first-order chi connectivity index (χ1) is 17.2. The number of amides is 1. The van der Waals surface area contributed by atoms with Gasteiger partial charge in [0, 0.05) is 11.3 Å². The lowest BCUT2D eigenvalue weighted by atomic mass is 9.94. The largest absolute Gasteiger partial charge is 0.573 e. The number of benzene rings is 3. The Labute approximate surface area is 204 Å². The Hall–Kier alpha value is -4.27. The molecule has 5 rings (SSSR count). The van der Waals surface area contributed by atoms with Crippen LogP contribution in [0.2, 0.25) is 0 Å². The highest BCUT2D eigenvalue weighted by Crippen LogP contribution is 2.43. The zero-order valence-corrected chi connectivity index (χ0v) is 18.8. The minimum Gasteiger partial charge on any atom is -0.507 e. The van der Waals surface area contributed by atoms with Crippen molar-refractivity contribution < 1.29 is 37.3 Å². The van der Waals surface area contributed by atoms with Crippen LogP contribution in [0.15, 0.2) is 78.4 Å². The van der Waals surface area contributed by atoms with Crippen LogP contribution < -0.4 is 14.4 Å². The molecule has 0 spiro atoms. The van der Waals surface area contributed by atoms with Crippen LogP contribution in [0.1, 0.15) is 29.2 Å². The Kier molecular flexibility index (Phi) is 5.91. The van der Waals surface area contributed by atoms with Crippen LogP contribution in [-0.4, -0.2) is 29.8 Å². The van der Waals surface area contributed by atoms with Crippen molar-refractivity contribution >= 4 is 23.1 Å². The van der Waals surface area contributed by atoms with Gasteiger partial charge in [0.2, 0.25) is 0 Å². The number of halogens is 3. The number of fused-ring (bicyclic) bond motifs is 1. The molecule has 3 aromatic carbocycles. The van der Waals surface area contributed by atoms with Gasteiger partial charge in [0.25, 0.3) is 11.7 Å². The molecule has 6 nitrogen and oxygen atoms in total. The van der Waals surface area contributed by atoms with Gasteiger partial charge >= 0.3 is 6.36 Å². The minimum absolute atomic E-state index is 0.113. The van der Waals surface area contributed by atoms with E-state index in [1.54, 1.807) is 48.5 Å². The van der Waals surface area contributed by atoms with E-state index < -0.39 is 29.8 Å². The van der Waals surface area contributed by atoms with Gasteiger partial charge in [-0.05, 0) is 66.4 Å². The number of carbonyl (C=O) groups excluding carboxylic acids is 2. The summed E-state index contributed by atoms with van der Waals surface area (Å²) in [6, 6.07) is 17.4. The van der Waals surface area contributed by atoms with E-state index in [0.717, 1.165) is 30.5 Å². The van der Waals surface area contributed by atoms with Crippen molar-refractivity contribution in [3.05, 3.63) is 95.1 Å². The second-order valence-corrected chi connectivity index (χ2v) is 8.40. The number of ether oxygens (including phenoxy) is 2. The number of nitrogens with zero attached hydrogens (tertiary/aromatic N) is 1. The number of Topliss-reactive ketones (excluding diaryl/α,β-unsaturated/α-hetero) is 1. The first kappa shape index (κ1) is 23.5. The molecule has 1 amide bonds. The zero-order valence-electron chi connectivity index (χ0n) is 18.8. The number of hydrogen-bond acceptors (Lipinski definition) is 5. The van der Waals surface area contributed by atoms with Gasteiger partial charge in [-0.25, -0.2) is 0 Å². The van der Waals surface area contributed by atoms with E-state index >= 15 is 0 Å². The van der Waals surface area contributed by atoms with E-state index in [1.807, 2.05) is 0 Å². The van der Waals surface area contributed by atoms with E-state index in [9.17, 15) is 27.9 Å². The maximum atomic E-state index is 13.2. The minimum atomic E-state index is -4.87. The fraction of sp³-hybridized carbons (Fsp3) is 0.185. The van der Waals surface area contributed by atoms with Crippen LogP contribution in [0.3, 0.4) is 0 Å². The van der Waals surface area contributed by atoms with Crippen molar-refractivity contribution in [3.63, 3.8) is 0 Å². The summed E-state index contributed by atoms with van der Waals surface area (Å²) in [5.74, 6) is -1.90. The van der Waals surface area contributed by atoms with Gasteiger partial charge in [-0.3, -0.25) is 14.5 Å². The van der Waals surface area contributed by atoms with E-state index in [0.29, 0.717) is 23.5 Å². The van der Waals surface area contributed by atoms with Crippen molar-refractivity contribution in [3.8, 4) is 11.5 Å². The molecule has 0 aromatic heterocycles. The van der Waals surface area contributed by atoms with Gasteiger partial charge in [-0.1, -0.05) is 30.3 Å². The topological polar surface area (TPSA) is 76.1 Å². The smallest absolute Gasteiger partial charge is 0.507 e. The Balaban J connectivity index is 1.61. The van der Waals surface area contributed by atoms with Crippen molar-refractivity contribution in [1.82, 2.24) is 0 Å². The first-order valence-electron chi connectivity index (χ1n) is 11.2. The summed E-state index contributed by atoms with van der Waals surface area (Å²) >= 11 is 0. The second-order valence-electron chi connectivity index (χ2n) is 8.40. The molecule has 36 heavy (non-hydrogen) atoms. The monoisotopic (exact) mass is 495 g/mol. The van der Waals surface area contributed by atoms with Crippen molar-refractivity contribution in [1.29, 1.82) is 0 Å². The fourth-order valence-corrected chi connectivity index (χ4v) is 4.52. The van der Waals surface area contributed by atoms with Crippen molar-refractivity contribution in [2.24, 2.45) is 0 Å². The van der Waals surface area contributed by atoms with Crippen LogP contribution in [0.25, 0.3) is 5.76 Å². The molecule has 3 aromatic rings. The molecule has 2 aliphatic rings.